The molecule has 88 valence electrons. The van der Waals surface area contributed by atoms with Gasteiger partial charge in [-0.2, -0.15) is 0 Å². The fourth-order valence-corrected chi connectivity index (χ4v) is 1.75. The van der Waals surface area contributed by atoms with Crippen LogP contribution in [0.5, 0.6) is 0 Å². The van der Waals surface area contributed by atoms with Crippen LogP contribution in [0.1, 0.15) is 28.8 Å². The van der Waals surface area contributed by atoms with E-state index in [1.54, 1.807) is 0 Å². The summed E-state index contributed by atoms with van der Waals surface area (Å²) in [6.45, 7) is 2.68. The van der Waals surface area contributed by atoms with Crippen LogP contribution < -0.4 is 5.32 Å². The zero-order valence-electron chi connectivity index (χ0n) is 9.29. The molecule has 1 aromatic rings. The van der Waals surface area contributed by atoms with E-state index in [-0.39, 0.29) is 12.5 Å². The summed E-state index contributed by atoms with van der Waals surface area (Å²) in [6, 6.07) is 5.57. The summed E-state index contributed by atoms with van der Waals surface area (Å²) in [4.78, 5) is 11.8. The minimum absolute atomic E-state index is 0.0586. The Balaban J connectivity index is 2.56. The third kappa shape index (κ3) is 3.61. The number of aliphatic hydroxyl groups is 1. The van der Waals surface area contributed by atoms with Crippen molar-refractivity contribution in [2.24, 2.45) is 0 Å². The lowest BCUT2D eigenvalue weighted by molar-refractivity contribution is 0.0951. The molecule has 0 spiro atoms. The molecule has 0 aliphatic heterocycles. The van der Waals surface area contributed by atoms with Gasteiger partial charge in [0, 0.05) is 23.2 Å². The highest BCUT2D eigenvalue weighted by molar-refractivity contribution is 9.10. The van der Waals surface area contributed by atoms with Gasteiger partial charge in [0.1, 0.15) is 0 Å². The summed E-state index contributed by atoms with van der Waals surface area (Å²) < 4.78 is 0.940. The van der Waals surface area contributed by atoms with Gasteiger partial charge in [0.15, 0.2) is 0 Å². The molecular formula is C12H16BrNO2. The number of hydrogen-bond acceptors (Lipinski definition) is 2. The first kappa shape index (κ1) is 13.2. The SMILES string of the molecule is Cc1c(Br)cccc1C(=O)NCCCCO. The molecule has 0 aromatic heterocycles. The molecule has 0 heterocycles. The van der Waals surface area contributed by atoms with Gasteiger partial charge in [0.25, 0.3) is 5.91 Å². The molecule has 0 saturated heterocycles. The zero-order valence-corrected chi connectivity index (χ0v) is 10.9. The number of benzene rings is 1. The Bertz CT molecular complexity index is 366. The molecule has 0 radical (unpaired) electrons. The van der Waals surface area contributed by atoms with Crippen molar-refractivity contribution in [2.45, 2.75) is 19.8 Å². The van der Waals surface area contributed by atoms with Gasteiger partial charge in [0.05, 0.1) is 0 Å². The molecule has 4 heteroatoms. The van der Waals surface area contributed by atoms with Gasteiger partial charge in [-0.3, -0.25) is 4.79 Å². The van der Waals surface area contributed by atoms with Crippen LogP contribution in [0.3, 0.4) is 0 Å². The molecule has 1 aromatic carbocycles. The second-order valence-corrected chi connectivity index (χ2v) is 4.45. The number of rotatable bonds is 5. The van der Waals surface area contributed by atoms with E-state index in [1.807, 2.05) is 25.1 Å². The molecule has 0 aliphatic rings. The maximum atomic E-state index is 11.8. The van der Waals surface area contributed by atoms with Gasteiger partial charge in [-0.05, 0) is 37.5 Å². The van der Waals surface area contributed by atoms with Crippen molar-refractivity contribution in [1.29, 1.82) is 0 Å². The van der Waals surface area contributed by atoms with E-state index in [4.69, 9.17) is 5.11 Å². The van der Waals surface area contributed by atoms with E-state index in [1.165, 1.54) is 0 Å². The first-order valence-corrected chi connectivity index (χ1v) is 6.10. The predicted molar refractivity (Wildman–Crippen MR) is 67.5 cm³/mol. The average molecular weight is 286 g/mol. The molecule has 0 bridgehead atoms. The molecule has 3 nitrogen and oxygen atoms in total. The third-order valence-electron chi connectivity index (χ3n) is 2.38. The van der Waals surface area contributed by atoms with Gasteiger partial charge in [-0.25, -0.2) is 0 Å². The highest BCUT2D eigenvalue weighted by atomic mass is 79.9. The largest absolute Gasteiger partial charge is 0.396 e. The Morgan fingerprint density at radius 2 is 2.19 bits per heavy atom. The van der Waals surface area contributed by atoms with E-state index in [0.717, 1.165) is 22.9 Å². The number of nitrogens with one attached hydrogen (secondary N) is 1. The van der Waals surface area contributed by atoms with E-state index in [0.29, 0.717) is 12.1 Å². The standard InChI is InChI=1S/C12H16BrNO2/c1-9-10(5-4-6-11(9)13)12(16)14-7-2-3-8-15/h4-6,15H,2-3,7-8H2,1H3,(H,14,16). The van der Waals surface area contributed by atoms with Crippen LogP contribution in [0.15, 0.2) is 22.7 Å². The van der Waals surface area contributed by atoms with Crippen molar-refractivity contribution >= 4 is 21.8 Å². The highest BCUT2D eigenvalue weighted by Crippen LogP contribution is 2.19. The molecule has 0 aliphatic carbocycles. The minimum Gasteiger partial charge on any atom is -0.396 e. The molecule has 0 unspecified atom stereocenters. The van der Waals surface area contributed by atoms with Crippen LogP contribution in [-0.4, -0.2) is 24.2 Å². The van der Waals surface area contributed by atoms with Crippen LogP contribution in [0.4, 0.5) is 0 Å². The highest BCUT2D eigenvalue weighted by Gasteiger charge is 2.09. The molecule has 1 rings (SSSR count). The van der Waals surface area contributed by atoms with Gasteiger partial charge < -0.3 is 10.4 Å². The van der Waals surface area contributed by atoms with E-state index < -0.39 is 0 Å². The second kappa shape index (κ2) is 6.66. The van der Waals surface area contributed by atoms with Crippen molar-refractivity contribution in [3.63, 3.8) is 0 Å². The Hall–Kier alpha value is -0.870. The number of aliphatic hydroxyl groups excluding tert-OH is 1. The van der Waals surface area contributed by atoms with Crippen molar-refractivity contribution in [3.8, 4) is 0 Å². The third-order valence-corrected chi connectivity index (χ3v) is 3.24. The summed E-state index contributed by atoms with van der Waals surface area (Å²) in [5.41, 5.74) is 1.64. The fourth-order valence-electron chi connectivity index (χ4n) is 1.39. The monoisotopic (exact) mass is 285 g/mol. The predicted octanol–water partition coefficient (Wildman–Crippen LogP) is 2.26. The lowest BCUT2D eigenvalue weighted by atomic mass is 10.1. The molecule has 0 fully saturated rings. The molecule has 16 heavy (non-hydrogen) atoms. The minimum atomic E-state index is -0.0586. The molecule has 0 atom stereocenters. The lowest BCUT2D eigenvalue weighted by Crippen LogP contribution is -2.25. The number of carbonyl (C=O) groups excluding carboxylic acids is 1. The number of amides is 1. The van der Waals surface area contributed by atoms with Crippen molar-refractivity contribution in [3.05, 3.63) is 33.8 Å². The van der Waals surface area contributed by atoms with Crippen LogP contribution >= 0.6 is 15.9 Å². The van der Waals surface area contributed by atoms with Gasteiger partial charge in [-0.15, -0.1) is 0 Å². The molecule has 1 amide bonds. The van der Waals surface area contributed by atoms with Crippen LogP contribution in [0.2, 0.25) is 0 Å². The quantitative estimate of drug-likeness (QED) is 0.816. The van der Waals surface area contributed by atoms with Crippen LogP contribution in [0, 0.1) is 6.92 Å². The summed E-state index contributed by atoms with van der Waals surface area (Å²) in [7, 11) is 0. The average Bonchev–Trinajstić information content (AvgIpc) is 2.28. The summed E-state index contributed by atoms with van der Waals surface area (Å²) >= 11 is 3.39. The second-order valence-electron chi connectivity index (χ2n) is 3.60. The van der Waals surface area contributed by atoms with Crippen molar-refractivity contribution in [1.82, 2.24) is 5.32 Å². The maximum Gasteiger partial charge on any atom is 0.251 e. The Labute approximate surface area is 104 Å². The summed E-state index contributed by atoms with van der Waals surface area (Å²) in [6.07, 6.45) is 1.52. The van der Waals surface area contributed by atoms with E-state index in [2.05, 4.69) is 21.2 Å². The first-order chi connectivity index (χ1) is 7.66. The Morgan fingerprint density at radius 1 is 1.44 bits per heavy atom. The van der Waals surface area contributed by atoms with E-state index >= 15 is 0 Å². The fraction of sp³-hybridized carbons (Fsp3) is 0.417. The van der Waals surface area contributed by atoms with E-state index in [9.17, 15) is 4.79 Å². The van der Waals surface area contributed by atoms with Crippen molar-refractivity contribution in [2.75, 3.05) is 13.2 Å². The van der Waals surface area contributed by atoms with Gasteiger partial charge >= 0.3 is 0 Å². The normalized spacial score (nSPS) is 10.2. The van der Waals surface area contributed by atoms with Crippen molar-refractivity contribution < 1.29 is 9.90 Å². The number of halogens is 1. The Kier molecular flexibility index (Phi) is 5.49. The molecule has 2 N–H and O–H groups in total. The zero-order chi connectivity index (χ0) is 12.0. The van der Waals surface area contributed by atoms with Gasteiger partial charge in [-0.1, -0.05) is 22.0 Å². The van der Waals surface area contributed by atoms with Crippen LogP contribution in [0.25, 0.3) is 0 Å². The number of unbranched alkanes of at least 4 members (excludes halogenated alkanes) is 1. The lowest BCUT2D eigenvalue weighted by Gasteiger charge is -2.08. The summed E-state index contributed by atoms with van der Waals surface area (Å²) in [5, 5.41) is 11.4. The smallest absolute Gasteiger partial charge is 0.251 e. The van der Waals surface area contributed by atoms with Gasteiger partial charge in [0.2, 0.25) is 0 Å². The molecular weight excluding hydrogens is 270 g/mol. The number of carbonyl (C=O) groups is 1. The maximum absolute atomic E-state index is 11.8. The first-order valence-electron chi connectivity index (χ1n) is 5.31. The summed E-state index contributed by atoms with van der Waals surface area (Å²) in [5.74, 6) is -0.0586. The van der Waals surface area contributed by atoms with Crippen LogP contribution in [-0.2, 0) is 0 Å². The topological polar surface area (TPSA) is 49.3 Å². The number of hydrogen-bond donors (Lipinski definition) is 2. The Morgan fingerprint density at radius 3 is 2.88 bits per heavy atom. The molecule has 0 saturated carbocycles.